The highest BCUT2D eigenvalue weighted by molar-refractivity contribution is 5.75. The number of carbonyl (C=O) groups is 1. The molecule has 1 aromatic carbocycles. The van der Waals surface area contributed by atoms with Crippen molar-refractivity contribution in [1.29, 1.82) is 0 Å². The highest BCUT2D eigenvalue weighted by atomic mass is 16.1. The van der Waals surface area contributed by atoms with E-state index in [4.69, 9.17) is 5.73 Å². The highest BCUT2D eigenvalue weighted by Crippen LogP contribution is 2.15. The summed E-state index contributed by atoms with van der Waals surface area (Å²) in [7, 11) is 0. The number of nitrogens with one attached hydrogen (secondary N) is 1. The van der Waals surface area contributed by atoms with Crippen LogP contribution in [0.1, 0.15) is 32.6 Å². The average molecular weight is 332 g/mol. The van der Waals surface area contributed by atoms with Crippen LogP contribution in [0.25, 0.3) is 0 Å². The van der Waals surface area contributed by atoms with Crippen molar-refractivity contribution in [3.8, 4) is 0 Å². The minimum atomic E-state index is 0.102. The Morgan fingerprint density at radius 1 is 1.17 bits per heavy atom. The molecule has 1 aromatic rings. The second kappa shape index (κ2) is 10.3. The summed E-state index contributed by atoms with van der Waals surface area (Å²) in [6, 6.07) is 10.7. The number of rotatable bonds is 9. The number of para-hydroxylation sites is 1. The molecule has 134 valence electrons. The third kappa shape index (κ3) is 6.89. The molecular formula is C19H32N4O. The molecule has 0 bridgehead atoms. The van der Waals surface area contributed by atoms with Gasteiger partial charge in [0.25, 0.3) is 0 Å². The Bertz CT molecular complexity index is 470. The maximum Gasteiger partial charge on any atom is 0.220 e. The van der Waals surface area contributed by atoms with Crippen molar-refractivity contribution in [1.82, 2.24) is 10.2 Å². The lowest BCUT2D eigenvalue weighted by atomic mass is 10.2. The van der Waals surface area contributed by atoms with Gasteiger partial charge in [-0.2, -0.15) is 0 Å². The van der Waals surface area contributed by atoms with Gasteiger partial charge in [-0.15, -0.1) is 0 Å². The van der Waals surface area contributed by atoms with Crippen LogP contribution in [0.3, 0.4) is 0 Å². The van der Waals surface area contributed by atoms with Crippen molar-refractivity contribution in [2.45, 2.75) is 38.6 Å². The number of nitrogens with zero attached hydrogens (tertiary/aromatic N) is 2. The summed E-state index contributed by atoms with van der Waals surface area (Å²) in [5.41, 5.74) is 6.98. The van der Waals surface area contributed by atoms with E-state index in [9.17, 15) is 4.79 Å². The molecule has 1 heterocycles. The Labute approximate surface area is 146 Å². The number of amides is 1. The Kier molecular flexibility index (Phi) is 8.05. The lowest BCUT2D eigenvalue weighted by Gasteiger charge is -2.36. The summed E-state index contributed by atoms with van der Waals surface area (Å²) in [6.45, 7) is 8.27. The molecule has 24 heavy (non-hydrogen) atoms. The molecule has 1 aliphatic heterocycles. The van der Waals surface area contributed by atoms with Gasteiger partial charge in [0.05, 0.1) is 0 Å². The number of benzene rings is 1. The molecule has 1 fully saturated rings. The SMILES string of the molecule is CC(N)CCC(=O)NCCCCN1CCN(c2ccccc2)CC1. The largest absolute Gasteiger partial charge is 0.369 e. The van der Waals surface area contributed by atoms with Crippen molar-refractivity contribution >= 4 is 11.6 Å². The van der Waals surface area contributed by atoms with Gasteiger partial charge in [0, 0.05) is 50.9 Å². The quantitative estimate of drug-likeness (QED) is 0.677. The lowest BCUT2D eigenvalue weighted by Crippen LogP contribution is -2.46. The molecule has 1 atom stereocenters. The number of carbonyl (C=O) groups excluding carboxylic acids is 1. The van der Waals surface area contributed by atoms with Gasteiger partial charge in [-0.25, -0.2) is 0 Å². The molecule has 1 aliphatic rings. The minimum absolute atomic E-state index is 0.102. The minimum Gasteiger partial charge on any atom is -0.369 e. The second-order valence-electron chi connectivity index (χ2n) is 6.74. The summed E-state index contributed by atoms with van der Waals surface area (Å²) in [5, 5.41) is 2.98. The summed E-state index contributed by atoms with van der Waals surface area (Å²) in [5.74, 6) is 0.128. The zero-order chi connectivity index (χ0) is 17.2. The predicted molar refractivity (Wildman–Crippen MR) is 100 cm³/mol. The van der Waals surface area contributed by atoms with Gasteiger partial charge in [0.2, 0.25) is 5.91 Å². The van der Waals surface area contributed by atoms with Crippen molar-refractivity contribution in [3.63, 3.8) is 0 Å². The maximum atomic E-state index is 11.6. The number of anilines is 1. The first-order valence-electron chi connectivity index (χ1n) is 9.20. The molecule has 5 nitrogen and oxygen atoms in total. The van der Waals surface area contributed by atoms with Crippen LogP contribution in [-0.2, 0) is 4.79 Å². The zero-order valence-corrected chi connectivity index (χ0v) is 14.9. The van der Waals surface area contributed by atoms with Gasteiger partial charge < -0.3 is 16.0 Å². The number of hydrogen-bond donors (Lipinski definition) is 2. The number of unbranched alkanes of at least 4 members (excludes halogenated alkanes) is 1. The topological polar surface area (TPSA) is 61.6 Å². The van der Waals surface area contributed by atoms with Crippen LogP contribution >= 0.6 is 0 Å². The Balaban J connectivity index is 1.51. The normalized spacial score (nSPS) is 16.8. The fourth-order valence-electron chi connectivity index (χ4n) is 3.00. The first kappa shape index (κ1) is 18.7. The van der Waals surface area contributed by atoms with E-state index in [-0.39, 0.29) is 11.9 Å². The molecule has 2 rings (SSSR count). The predicted octanol–water partition coefficient (Wildman–Crippen LogP) is 1.83. The van der Waals surface area contributed by atoms with E-state index >= 15 is 0 Å². The number of hydrogen-bond acceptors (Lipinski definition) is 4. The van der Waals surface area contributed by atoms with Crippen molar-refractivity contribution in [3.05, 3.63) is 30.3 Å². The Morgan fingerprint density at radius 2 is 1.88 bits per heavy atom. The van der Waals surface area contributed by atoms with Crippen LogP contribution in [0.15, 0.2) is 30.3 Å². The van der Waals surface area contributed by atoms with E-state index in [0.717, 1.165) is 58.5 Å². The third-order valence-corrected chi connectivity index (χ3v) is 4.54. The molecule has 1 saturated heterocycles. The number of piperazine rings is 1. The Morgan fingerprint density at radius 3 is 2.54 bits per heavy atom. The molecule has 1 unspecified atom stereocenters. The third-order valence-electron chi connectivity index (χ3n) is 4.54. The molecule has 0 saturated carbocycles. The van der Waals surface area contributed by atoms with Crippen LogP contribution in [0, 0.1) is 0 Å². The maximum absolute atomic E-state index is 11.6. The van der Waals surface area contributed by atoms with Gasteiger partial charge in [-0.1, -0.05) is 18.2 Å². The van der Waals surface area contributed by atoms with E-state index < -0.39 is 0 Å². The molecule has 0 spiro atoms. The molecule has 0 radical (unpaired) electrons. The molecule has 1 amide bonds. The van der Waals surface area contributed by atoms with Crippen LogP contribution in [-0.4, -0.2) is 56.1 Å². The summed E-state index contributed by atoms with van der Waals surface area (Å²) < 4.78 is 0. The first-order valence-corrected chi connectivity index (χ1v) is 9.20. The Hall–Kier alpha value is -1.59. The summed E-state index contributed by atoms with van der Waals surface area (Å²) in [4.78, 5) is 16.6. The van der Waals surface area contributed by atoms with E-state index in [1.165, 1.54) is 5.69 Å². The van der Waals surface area contributed by atoms with Crippen LogP contribution < -0.4 is 16.0 Å². The van der Waals surface area contributed by atoms with Crippen LogP contribution in [0.5, 0.6) is 0 Å². The number of nitrogens with two attached hydrogens (primary N) is 1. The van der Waals surface area contributed by atoms with E-state index in [0.29, 0.717) is 6.42 Å². The molecule has 0 aromatic heterocycles. The highest BCUT2D eigenvalue weighted by Gasteiger charge is 2.16. The average Bonchev–Trinajstić information content (AvgIpc) is 2.61. The van der Waals surface area contributed by atoms with E-state index in [2.05, 4.69) is 45.4 Å². The standard InChI is InChI=1S/C19H32N4O/c1-17(20)9-10-19(24)21-11-5-6-12-22-13-15-23(16-14-22)18-7-3-2-4-8-18/h2-4,7-8,17H,5-6,9-16,20H2,1H3,(H,21,24). The van der Waals surface area contributed by atoms with Crippen molar-refractivity contribution < 1.29 is 4.79 Å². The van der Waals surface area contributed by atoms with Gasteiger partial charge in [0.1, 0.15) is 0 Å². The fourth-order valence-corrected chi connectivity index (χ4v) is 3.00. The van der Waals surface area contributed by atoms with Gasteiger partial charge in [-0.05, 0) is 44.9 Å². The van der Waals surface area contributed by atoms with Gasteiger partial charge >= 0.3 is 0 Å². The fraction of sp³-hybridized carbons (Fsp3) is 0.632. The molecular weight excluding hydrogens is 300 g/mol. The summed E-state index contributed by atoms with van der Waals surface area (Å²) >= 11 is 0. The monoisotopic (exact) mass is 332 g/mol. The molecule has 3 N–H and O–H groups in total. The first-order chi connectivity index (χ1) is 11.6. The smallest absolute Gasteiger partial charge is 0.220 e. The van der Waals surface area contributed by atoms with E-state index in [1.807, 2.05) is 6.92 Å². The van der Waals surface area contributed by atoms with Crippen molar-refractivity contribution in [2.75, 3.05) is 44.2 Å². The van der Waals surface area contributed by atoms with Gasteiger partial charge in [0.15, 0.2) is 0 Å². The van der Waals surface area contributed by atoms with Crippen molar-refractivity contribution in [2.24, 2.45) is 5.73 Å². The molecule has 5 heteroatoms. The van der Waals surface area contributed by atoms with Crippen LogP contribution in [0.4, 0.5) is 5.69 Å². The summed E-state index contributed by atoms with van der Waals surface area (Å²) in [6.07, 6.45) is 3.48. The molecule has 0 aliphatic carbocycles. The van der Waals surface area contributed by atoms with Crippen LogP contribution in [0.2, 0.25) is 0 Å². The second-order valence-corrected chi connectivity index (χ2v) is 6.74. The lowest BCUT2D eigenvalue weighted by molar-refractivity contribution is -0.121. The zero-order valence-electron chi connectivity index (χ0n) is 14.9. The van der Waals surface area contributed by atoms with Gasteiger partial charge in [-0.3, -0.25) is 9.69 Å². The van der Waals surface area contributed by atoms with E-state index in [1.54, 1.807) is 0 Å².